The molecule has 1 unspecified atom stereocenters. The minimum absolute atomic E-state index is 0.127. The van der Waals surface area contributed by atoms with Gasteiger partial charge in [0.1, 0.15) is 5.82 Å². The highest BCUT2D eigenvalue weighted by Gasteiger charge is 2.28. The first kappa shape index (κ1) is 11.0. The van der Waals surface area contributed by atoms with Crippen LogP contribution in [0.4, 0.5) is 10.1 Å². The van der Waals surface area contributed by atoms with Crippen molar-refractivity contribution >= 4 is 11.6 Å². The SMILES string of the molecule is Cn1cc(C2CC(=O)Nc3c(F)cccc32)cn1. The number of benzene rings is 1. The van der Waals surface area contributed by atoms with Gasteiger partial charge in [0.25, 0.3) is 0 Å². The number of aromatic nitrogens is 2. The molecule has 0 fully saturated rings. The van der Waals surface area contributed by atoms with E-state index in [-0.39, 0.29) is 11.8 Å². The zero-order valence-corrected chi connectivity index (χ0v) is 9.85. The van der Waals surface area contributed by atoms with E-state index in [9.17, 15) is 9.18 Å². The average Bonchev–Trinajstić information content (AvgIpc) is 2.76. The molecular formula is C13H12FN3O. The van der Waals surface area contributed by atoms with Gasteiger partial charge in [0.2, 0.25) is 5.91 Å². The summed E-state index contributed by atoms with van der Waals surface area (Å²) in [4.78, 5) is 11.7. The lowest BCUT2D eigenvalue weighted by Gasteiger charge is -2.25. The van der Waals surface area contributed by atoms with Crippen molar-refractivity contribution < 1.29 is 9.18 Å². The molecule has 18 heavy (non-hydrogen) atoms. The lowest BCUT2D eigenvalue weighted by Crippen LogP contribution is -2.24. The zero-order valence-electron chi connectivity index (χ0n) is 9.85. The molecule has 1 aliphatic heterocycles. The Hall–Kier alpha value is -2.17. The summed E-state index contributed by atoms with van der Waals surface area (Å²) in [6.07, 6.45) is 3.90. The molecule has 0 bridgehead atoms. The second kappa shape index (κ2) is 3.94. The molecule has 1 aromatic carbocycles. The molecule has 1 N–H and O–H groups in total. The van der Waals surface area contributed by atoms with E-state index >= 15 is 0 Å². The highest BCUT2D eigenvalue weighted by Crippen LogP contribution is 2.37. The topological polar surface area (TPSA) is 46.9 Å². The largest absolute Gasteiger partial charge is 0.323 e. The summed E-state index contributed by atoms with van der Waals surface area (Å²) in [7, 11) is 1.82. The fraction of sp³-hybridized carbons (Fsp3) is 0.231. The molecule has 1 aromatic heterocycles. The Morgan fingerprint density at radius 1 is 1.50 bits per heavy atom. The van der Waals surface area contributed by atoms with E-state index < -0.39 is 5.82 Å². The number of nitrogens with one attached hydrogen (secondary N) is 1. The minimum atomic E-state index is -0.394. The van der Waals surface area contributed by atoms with Gasteiger partial charge in [-0.15, -0.1) is 0 Å². The number of anilines is 1. The Bertz CT molecular complexity index is 620. The van der Waals surface area contributed by atoms with Gasteiger partial charge in [-0.25, -0.2) is 4.39 Å². The number of carbonyl (C=O) groups excluding carboxylic acids is 1. The number of para-hydroxylation sites is 1. The molecule has 0 spiro atoms. The maximum Gasteiger partial charge on any atom is 0.225 e. The van der Waals surface area contributed by atoms with Crippen LogP contribution in [0.25, 0.3) is 0 Å². The summed E-state index contributed by atoms with van der Waals surface area (Å²) < 4.78 is 15.4. The fourth-order valence-corrected chi connectivity index (χ4v) is 2.37. The maximum absolute atomic E-state index is 13.7. The minimum Gasteiger partial charge on any atom is -0.323 e. The van der Waals surface area contributed by atoms with Gasteiger partial charge in [-0.1, -0.05) is 12.1 Å². The van der Waals surface area contributed by atoms with E-state index in [1.54, 1.807) is 16.9 Å². The predicted molar refractivity (Wildman–Crippen MR) is 64.7 cm³/mol. The molecule has 2 aromatic rings. The van der Waals surface area contributed by atoms with Gasteiger partial charge in [-0.05, 0) is 17.2 Å². The number of hydrogen-bond acceptors (Lipinski definition) is 2. The van der Waals surface area contributed by atoms with E-state index in [0.717, 1.165) is 11.1 Å². The van der Waals surface area contributed by atoms with E-state index in [4.69, 9.17) is 0 Å². The Kier molecular flexibility index (Phi) is 2.40. The Labute approximate surface area is 103 Å². The molecule has 92 valence electrons. The van der Waals surface area contributed by atoms with E-state index in [0.29, 0.717) is 12.1 Å². The van der Waals surface area contributed by atoms with Gasteiger partial charge in [0.15, 0.2) is 0 Å². The molecule has 0 radical (unpaired) electrons. The van der Waals surface area contributed by atoms with Crippen LogP contribution in [0.5, 0.6) is 0 Å². The molecule has 4 nitrogen and oxygen atoms in total. The molecule has 1 amide bonds. The summed E-state index contributed by atoms with van der Waals surface area (Å²) in [5, 5.41) is 6.70. The summed E-state index contributed by atoms with van der Waals surface area (Å²) in [5.41, 5.74) is 2.03. The van der Waals surface area contributed by atoms with E-state index in [1.807, 2.05) is 19.3 Å². The molecule has 3 rings (SSSR count). The predicted octanol–water partition coefficient (Wildman–Crippen LogP) is 2.03. The van der Waals surface area contributed by atoms with Crippen LogP contribution >= 0.6 is 0 Å². The molecule has 1 aliphatic rings. The zero-order chi connectivity index (χ0) is 12.7. The normalized spacial score (nSPS) is 18.3. The standard InChI is InChI=1S/C13H12FN3O/c1-17-7-8(6-15-17)10-5-12(18)16-13-9(10)3-2-4-11(13)14/h2-4,6-7,10H,5H2,1H3,(H,16,18). The number of aryl methyl sites for hydroxylation is 1. The molecule has 1 atom stereocenters. The van der Waals surface area contributed by atoms with Crippen molar-refractivity contribution in [2.24, 2.45) is 7.05 Å². The van der Waals surface area contributed by atoms with Gasteiger partial charge in [0, 0.05) is 25.6 Å². The van der Waals surface area contributed by atoms with Crippen molar-refractivity contribution in [2.45, 2.75) is 12.3 Å². The lowest BCUT2D eigenvalue weighted by molar-refractivity contribution is -0.116. The molecule has 0 aliphatic carbocycles. The van der Waals surface area contributed by atoms with Crippen LogP contribution in [0, 0.1) is 5.82 Å². The van der Waals surface area contributed by atoms with Crippen LogP contribution in [0.1, 0.15) is 23.5 Å². The van der Waals surface area contributed by atoms with E-state index in [2.05, 4.69) is 10.4 Å². The first-order chi connectivity index (χ1) is 8.65. The van der Waals surface area contributed by atoms with Crippen LogP contribution in [0.15, 0.2) is 30.6 Å². The van der Waals surface area contributed by atoms with Gasteiger partial charge in [0.05, 0.1) is 11.9 Å². The number of hydrogen-bond donors (Lipinski definition) is 1. The van der Waals surface area contributed by atoms with Crippen LogP contribution in [0.3, 0.4) is 0 Å². The van der Waals surface area contributed by atoms with Crippen LogP contribution in [-0.2, 0) is 11.8 Å². The van der Waals surface area contributed by atoms with Crippen molar-refractivity contribution in [2.75, 3.05) is 5.32 Å². The third-order valence-electron chi connectivity index (χ3n) is 3.20. The first-order valence-corrected chi connectivity index (χ1v) is 5.72. The maximum atomic E-state index is 13.7. The molecule has 0 saturated carbocycles. The van der Waals surface area contributed by atoms with Gasteiger partial charge < -0.3 is 5.32 Å². The highest BCUT2D eigenvalue weighted by molar-refractivity contribution is 5.95. The molecule has 5 heteroatoms. The third kappa shape index (κ3) is 1.68. The lowest BCUT2D eigenvalue weighted by atomic mass is 9.86. The van der Waals surface area contributed by atoms with Crippen LogP contribution in [-0.4, -0.2) is 15.7 Å². The summed E-state index contributed by atoms with van der Waals surface area (Å²) in [6.45, 7) is 0. The second-order valence-electron chi connectivity index (χ2n) is 4.46. The Morgan fingerprint density at radius 3 is 3.06 bits per heavy atom. The van der Waals surface area contributed by atoms with E-state index in [1.165, 1.54) is 6.07 Å². The fourth-order valence-electron chi connectivity index (χ4n) is 2.37. The number of fused-ring (bicyclic) bond motifs is 1. The molecule has 0 saturated heterocycles. The number of amides is 1. The number of nitrogens with zero attached hydrogens (tertiary/aromatic N) is 2. The summed E-state index contributed by atoms with van der Waals surface area (Å²) >= 11 is 0. The molecular weight excluding hydrogens is 233 g/mol. The summed E-state index contributed by atoms with van der Waals surface area (Å²) in [6, 6.07) is 4.86. The van der Waals surface area contributed by atoms with Crippen LogP contribution < -0.4 is 5.32 Å². The van der Waals surface area contributed by atoms with Crippen molar-refractivity contribution in [1.29, 1.82) is 0 Å². The van der Waals surface area contributed by atoms with Crippen molar-refractivity contribution in [3.63, 3.8) is 0 Å². The highest BCUT2D eigenvalue weighted by atomic mass is 19.1. The quantitative estimate of drug-likeness (QED) is 0.835. The average molecular weight is 245 g/mol. The van der Waals surface area contributed by atoms with Crippen molar-refractivity contribution in [3.05, 3.63) is 47.5 Å². The van der Waals surface area contributed by atoms with Gasteiger partial charge in [-0.2, -0.15) is 5.10 Å². The first-order valence-electron chi connectivity index (χ1n) is 5.72. The van der Waals surface area contributed by atoms with Gasteiger partial charge in [-0.3, -0.25) is 9.48 Å². The number of halogens is 1. The number of carbonyl (C=O) groups is 1. The van der Waals surface area contributed by atoms with Crippen molar-refractivity contribution in [1.82, 2.24) is 9.78 Å². The summed E-state index contributed by atoms with van der Waals surface area (Å²) in [5.74, 6) is -0.686. The molecule has 2 heterocycles. The second-order valence-corrected chi connectivity index (χ2v) is 4.46. The van der Waals surface area contributed by atoms with Gasteiger partial charge >= 0.3 is 0 Å². The smallest absolute Gasteiger partial charge is 0.225 e. The monoisotopic (exact) mass is 245 g/mol. The Morgan fingerprint density at radius 2 is 2.33 bits per heavy atom. The Balaban J connectivity index is 2.13. The van der Waals surface area contributed by atoms with Crippen molar-refractivity contribution in [3.8, 4) is 0 Å². The third-order valence-corrected chi connectivity index (χ3v) is 3.20. The van der Waals surface area contributed by atoms with Crippen LogP contribution in [0.2, 0.25) is 0 Å². The number of rotatable bonds is 1.